The summed E-state index contributed by atoms with van der Waals surface area (Å²) in [5.41, 5.74) is 7.46. The lowest BCUT2D eigenvalue weighted by Crippen LogP contribution is -2.49. The lowest BCUT2D eigenvalue weighted by atomic mass is 9.90. The zero-order valence-corrected chi connectivity index (χ0v) is 11.1. The fraction of sp³-hybridized carbons (Fsp3) is 0.571. The highest BCUT2D eigenvalue weighted by atomic mass is 15.2. The zero-order chi connectivity index (χ0) is 13.1. The van der Waals surface area contributed by atoms with Gasteiger partial charge in [0.05, 0.1) is 11.6 Å². The normalized spacial score (nSPS) is 23.8. The predicted molar refractivity (Wildman–Crippen MR) is 72.3 cm³/mol. The van der Waals surface area contributed by atoms with Crippen LogP contribution in [0.2, 0.25) is 0 Å². The van der Waals surface area contributed by atoms with Gasteiger partial charge in [0.1, 0.15) is 5.82 Å². The number of anilines is 1. The number of aromatic nitrogens is 1. The molecule has 96 valence electrons. The van der Waals surface area contributed by atoms with Gasteiger partial charge in [0.15, 0.2) is 0 Å². The highest BCUT2D eigenvalue weighted by molar-refractivity contribution is 5.48. The van der Waals surface area contributed by atoms with Crippen LogP contribution in [-0.4, -0.2) is 24.1 Å². The molecule has 0 bridgehead atoms. The molecule has 1 aliphatic rings. The Balaban J connectivity index is 2.34. The number of nitrogens with two attached hydrogens (primary N) is 1. The summed E-state index contributed by atoms with van der Waals surface area (Å²) in [7, 11) is 0. The number of rotatable bonds is 2. The second-order valence-electron chi connectivity index (χ2n) is 5.08. The molecule has 2 heterocycles. The van der Waals surface area contributed by atoms with Crippen LogP contribution in [0.25, 0.3) is 0 Å². The summed E-state index contributed by atoms with van der Waals surface area (Å²) in [6, 6.07) is 6.21. The van der Waals surface area contributed by atoms with Crippen molar-refractivity contribution < 1.29 is 0 Å². The molecule has 1 aromatic rings. The first kappa shape index (κ1) is 12.8. The Morgan fingerprint density at radius 1 is 1.56 bits per heavy atom. The average molecular weight is 244 g/mol. The van der Waals surface area contributed by atoms with E-state index in [4.69, 9.17) is 11.0 Å². The number of nitrogens with zero attached hydrogens (tertiary/aromatic N) is 3. The third-order valence-corrected chi connectivity index (χ3v) is 3.72. The molecule has 1 saturated heterocycles. The maximum atomic E-state index is 9.04. The Morgan fingerprint density at radius 2 is 2.33 bits per heavy atom. The largest absolute Gasteiger partial charge is 0.352 e. The van der Waals surface area contributed by atoms with E-state index in [1.54, 1.807) is 0 Å². The minimum Gasteiger partial charge on any atom is -0.352 e. The minimum atomic E-state index is 0.333. The van der Waals surface area contributed by atoms with Crippen molar-refractivity contribution in [2.45, 2.75) is 32.7 Å². The van der Waals surface area contributed by atoms with E-state index in [-0.39, 0.29) is 0 Å². The van der Waals surface area contributed by atoms with Crippen molar-refractivity contribution in [3.05, 3.63) is 23.4 Å². The smallest absolute Gasteiger partial charge is 0.130 e. The van der Waals surface area contributed by atoms with Gasteiger partial charge < -0.3 is 10.6 Å². The van der Waals surface area contributed by atoms with Crippen LogP contribution in [0.5, 0.6) is 0 Å². The highest BCUT2D eigenvalue weighted by Gasteiger charge is 2.28. The van der Waals surface area contributed by atoms with E-state index >= 15 is 0 Å². The summed E-state index contributed by atoms with van der Waals surface area (Å²) in [6.45, 7) is 5.78. The quantitative estimate of drug-likeness (QED) is 0.862. The van der Waals surface area contributed by atoms with E-state index in [2.05, 4.69) is 22.9 Å². The molecule has 1 aliphatic heterocycles. The number of hydrogen-bond acceptors (Lipinski definition) is 4. The lowest BCUT2D eigenvalue weighted by molar-refractivity contribution is 0.348. The first-order valence-electron chi connectivity index (χ1n) is 6.51. The van der Waals surface area contributed by atoms with Crippen LogP contribution >= 0.6 is 0 Å². The molecule has 1 aromatic heterocycles. The van der Waals surface area contributed by atoms with Crippen molar-refractivity contribution in [2.75, 3.05) is 18.0 Å². The molecule has 0 aliphatic carbocycles. The zero-order valence-electron chi connectivity index (χ0n) is 11.1. The molecule has 0 radical (unpaired) electrons. The third kappa shape index (κ3) is 2.46. The van der Waals surface area contributed by atoms with Crippen molar-refractivity contribution in [3.8, 4) is 6.07 Å². The first-order chi connectivity index (χ1) is 8.65. The molecule has 2 N–H and O–H groups in total. The number of pyridine rings is 1. The number of piperidine rings is 1. The van der Waals surface area contributed by atoms with E-state index in [9.17, 15) is 0 Å². The van der Waals surface area contributed by atoms with E-state index in [1.165, 1.54) is 6.42 Å². The third-order valence-electron chi connectivity index (χ3n) is 3.72. The molecule has 2 rings (SSSR count). The minimum absolute atomic E-state index is 0.333. The van der Waals surface area contributed by atoms with E-state index in [0.717, 1.165) is 24.5 Å². The van der Waals surface area contributed by atoms with Gasteiger partial charge in [0.2, 0.25) is 0 Å². The van der Waals surface area contributed by atoms with Gasteiger partial charge in [-0.25, -0.2) is 4.98 Å². The van der Waals surface area contributed by atoms with E-state index < -0.39 is 0 Å². The maximum absolute atomic E-state index is 9.04. The molecule has 0 amide bonds. The Kier molecular flexibility index (Phi) is 3.83. The van der Waals surface area contributed by atoms with Crippen molar-refractivity contribution in [2.24, 2.45) is 11.7 Å². The Bertz CT molecular complexity index is 463. The fourth-order valence-corrected chi connectivity index (χ4v) is 2.76. The number of hydrogen-bond donors (Lipinski definition) is 1. The average Bonchev–Trinajstić information content (AvgIpc) is 2.37. The van der Waals surface area contributed by atoms with Gasteiger partial charge >= 0.3 is 0 Å². The fourth-order valence-electron chi connectivity index (χ4n) is 2.76. The maximum Gasteiger partial charge on any atom is 0.130 e. The SMILES string of the molecule is Cc1cc(C#N)cc(N2CCCC(C)C2CN)n1. The van der Waals surface area contributed by atoms with Crippen LogP contribution in [0.4, 0.5) is 5.82 Å². The summed E-state index contributed by atoms with van der Waals surface area (Å²) >= 11 is 0. The summed E-state index contributed by atoms with van der Waals surface area (Å²) in [5, 5.41) is 9.04. The Morgan fingerprint density at radius 3 is 3.00 bits per heavy atom. The van der Waals surface area contributed by atoms with Crippen LogP contribution in [0, 0.1) is 24.2 Å². The molecule has 0 spiro atoms. The van der Waals surface area contributed by atoms with Crippen LogP contribution < -0.4 is 10.6 Å². The number of nitriles is 1. The lowest BCUT2D eigenvalue weighted by Gasteiger charge is -2.40. The van der Waals surface area contributed by atoms with Gasteiger partial charge in [-0.3, -0.25) is 0 Å². The van der Waals surface area contributed by atoms with Gasteiger partial charge in [-0.05, 0) is 37.8 Å². The monoisotopic (exact) mass is 244 g/mol. The van der Waals surface area contributed by atoms with E-state index in [0.29, 0.717) is 24.1 Å². The molecule has 2 atom stereocenters. The topological polar surface area (TPSA) is 65.9 Å². The van der Waals surface area contributed by atoms with Crippen LogP contribution in [0.1, 0.15) is 31.0 Å². The molecule has 4 nitrogen and oxygen atoms in total. The standard InChI is InChI=1S/C14H20N4/c1-10-4-3-5-18(13(10)9-16)14-7-12(8-15)6-11(2)17-14/h6-7,10,13H,3-5,9,16H2,1-2H3. The van der Waals surface area contributed by atoms with Crippen molar-refractivity contribution in [3.63, 3.8) is 0 Å². The highest BCUT2D eigenvalue weighted by Crippen LogP contribution is 2.27. The van der Waals surface area contributed by atoms with Crippen LogP contribution in [0.3, 0.4) is 0 Å². The number of aryl methyl sites for hydroxylation is 1. The van der Waals surface area contributed by atoms with Crippen LogP contribution in [-0.2, 0) is 0 Å². The molecule has 1 fully saturated rings. The van der Waals surface area contributed by atoms with Crippen molar-refractivity contribution in [1.82, 2.24) is 4.98 Å². The van der Waals surface area contributed by atoms with Crippen molar-refractivity contribution >= 4 is 5.82 Å². The van der Waals surface area contributed by atoms with Gasteiger partial charge in [-0.1, -0.05) is 6.92 Å². The predicted octanol–water partition coefficient (Wildman–Crippen LogP) is 1.83. The Labute approximate surface area is 108 Å². The molecule has 2 unspecified atom stereocenters. The molecule has 0 saturated carbocycles. The van der Waals surface area contributed by atoms with Gasteiger partial charge in [0.25, 0.3) is 0 Å². The summed E-state index contributed by atoms with van der Waals surface area (Å²) < 4.78 is 0. The summed E-state index contributed by atoms with van der Waals surface area (Å²) in [4.78, 5) is 6.82. The molecule has 0 aromatic carbocycles. The van der Waals surface area contributed by atoms with Crippen molar-refractivity contribution in [1.29, 1.82) is 5.26 Å². The molecule has 4 heteroatoms. The molecular formula is C14H20N4. The second kappa shape index (κ2) is 5.36. The van der Waals surface area contributed by atoms with Gasteiger partial charge in [-0.2, -0.15) is 5.26 Å². The molecule has 18 heavy (non-hydrogen) atoms. The van der Waals surface area contributed by atoms with E-state index in [1.807, 2.05) is 19.1 Å². The first-order valence-corrected chi connectivity index (χ1v) is 6.51. The second-order valence-corrected chi connectivity index (χ2v) is 5.08. The summed E-state index contributed by atoms with van der Waals surface area (Å²) in [5.74, 6) is 1.48. The van der Waals surface area contributed by atoms with Gasteiger partial charge in [0, 0.05) is 24.8 Å². The molecular weight excluding hydrogens is 224 g/mol. The summed E-state index contributed by atoms with van der Waals surface area (Å²) in [6.07, 6.45) is 2.38. The van der Waals surface area contributed by atoms with Gasteiger partial charge in [-0.15, -0.1) is 0 Å². The Hall–Kier alpha value is -1.60. The van der Waals surface area contributed by atoms with Crippen LogP contribution in [0.15, 0.2) is 12.1 Å².